The number of Topliss-reactive ketones (excluding diaryl/α,β-unsaturated/α-hetero) is 1. The van der Waals surface area contributed by atoms with Crippen molar-refractivity contribution < 1.29 is 29.3 Å². The fourth-order valence-corrected chi connectivity index (χ4v) is 3.69. The van der Waals surface area contributed by atoms with Crippen molar-refractivity contribution >= 4 is 11.8 Å². The van der Waals surface area contributed by atoms with Crippen molar-refractivity contribution in [3.8, 4) is 5.75 Å². The maximum atomic E-state index is 12.7. The van der Waals surface area contributed by atoms with Crippen LogP contribution in [0.3, 0.4) is 0 Å². The third kappa shape index (κ3) is 7.75. The highest BCUT2D eigenvalue weighted by Gasteiger charge is 2.29. The highest BCUT2D eigenvalue weighted by Crippen LogP contribution is 2.27. The van der Waals surface area contributed by atoms with E-state index in [9.17, 15) is 19.8 Å². The Morgan fingerprint density at radius 2 is 1.37 bits per heavy atom. The van der Waals surface area contributed by atoms with Crippen molar-refractivity contribution in [2.75, 3.05) is 19.8 Å². The summed E-state index contributed by atoms with van der Waals surface area (Å²) in [5, 5.41) is 25.2. The molecular weight excluding hydrogens is 446 g/mol. The molecule has 0 aliphatic heterocycles. The fourth-order valence-electron chi connectivity index (χ4n) is 3.69. The van der Waals surface area contributed by atoms with Crippen LogP contribution in [-0.4, -0.2) is 47.8 Å². The van der Waals surface area contributed by atoms with Crippen LogP contribution in [0.5, 0.6) is 5.75 Å². The molecule has 0 fully saturated rings. The molecule has 0 aromatic heterocycles. The first kappa shape index (κ1) is 26.1. The highest BCUT2D eigenvalue weighted by molar-refractivity contribution is 5.96. The van der Waals surface area contributed by atoms with E-state index in [4.69, 9.17) is 9.47 Å². The molecule has 0 heterocycles. The maximum Gasteiger partial charge on any atom is 0.344 e. The predicted octanol–water partition coefficient (Wildman–Crippen LogP) is 3.63. The summed E-state index contributed by atoms with van der Waals surface area (Å²) in [6, 6.07) is 24.0. The molecule has 0 aliphatic carbocycles. The Labute approximate surface area is 205 Å². The number of ketones is 1. The molecule has 7 nitrogen and oxygen atoms in total. The molecule has 0 bridgehead atoms. The molecule has 7 heteroatoms. The van der Waals surface area contributed by atoms with Crippen molar-refractivity contribution in [1.82, 2.24) is 5.32 Å². The van der Waals surface area contributed by atoms with Gasteiger partial charge in [-0.15, -0.1) is 0 Å². The minimum atomic E-state index is -0.975. The number of carbonyl (C=O) groups is 2. The zero-order valence-electron chi connectivity index (χ0n) is 19.7. The number of benzene rings is 3. The van der Waals surface area contributed by atoms with E-state index in [-0.39, 0.29) is 32.0 Å². The molecular formula is C28H31NO6. The predicted molar refractivity (Wildman–Crippen MR) is 132 cm³/mol. The highest BCUT2D eigenvalue weighted by atomic mass is 16.6. The molecule has 0 amide bonds. The first-order chi connectivity index (χ1) is 17.0. The molecule has 0 spiro atoms. The van der Waals surface area contributed by atoms with Gasteiger partial charge in [-0.1, -0.05) is 60.7 Å². The first-order valence-corrected chi connectivity index (χ1v) is 11.6. The van der Waals surface area contributed by atoms with Crippen LogP contribution in [0.25, 0.3) is 0 Å². The van der Waals surface area contributed by atoms with Gasteiger partial charge in [-0.3, -0.25) is 4.79 Å². The van der Waals surface area contributed by atoms with Crippen LogP contribution in [0, 0.1) is 0 Å². The number of hydrogen-bond donors (Lipinski definition) is 3. The molecule has 2 unspecified atom stereocenters. The summed E-state index contributed by atoms with van der Waals surface area (Å²) >= 11 is 0. The molecule has 3 aromatic carbocycles. The smallest absolute Gasteiger partial charge is 0.344 e. The van der Waals surface area contributed by atoms with Crippen molar-refractivity contribution in [3.05, 3.63) is 102 Å². The van der Waals surface area contributed by atoms with Gasteiger partial charge in [-0.25, -0.2) is 4.79 Å². The molecule has 3 rings (SSSR count). The van der Waals surface area contributed by atoms with Gasteiger partial charge in [0.1, 0.15) is 5.75 Å². The number of hydrogen-bond acceptors (Lipinski definition) is 7. The van der Waals surface area contributed by atoms with Gasteiger partial charge in [-0.05, 0) is 42.3 Å². The number of nitrogens with one attached hydrogen (secondary N) is 1. The van der Waals surface area contributed by atoms with Crippen LogP contribution in [0.1, 0.15) is 47.0 Å². The van der Waals surface area contributed by atoms with Gasteiger partial charge in [0.25, 0.3) is 0 Å². The summed E-state index contributed by atoms with van der Waals surface area (Å²) in [6.45, 7) is 2.08. The standard InChI is InChI=1S/C28H31NO6/c1-2-34-25(31)19-35-23-15-13-20(14-16-23)24(30)17-18-29-26(27(32)21-9-5-3-6-10-21)28(33)22-11-7-4-8-12-22/h3-16,26-29,32-33H,2,17-19H2,1H3. The molecule has 3 aromatic rings. The minimum absolute atomic E-state index is 0.100. The Balaban J connectivity index is 1.60. The zero-order valence-corrected chi connectivity index (χ0v) is 19.7. The van der Waals surface area contributed by atoms with Crippen LogP contribution in [-0.2, 0) is 9.53 Å². The van der Waals surface area contributed by atoms with Crippen molar-refractivity contribution in [2.24, 2.45) is 0 Å². The fraction of sp³-hybridized carbons (Fsp3) is 0.286. The number of carbonyl (C=O) groups excluding carboxylic acids is 2. The lowest BCUT2D eigenvalue weighted by atomic mass is 9.93. The van der Waals surface area contributed by atoms with Gasteiger partial charge in [-0.2, -0.15) is 0 Å². The molecule has 3 N–H and O–H groups in total. The number of aliphatic hydroxyl groups excluding tert-OH is 2. The summed E-state index contributed by atoms with van der Waals surface area (Å²) in [5.74, 6) is -0.0926. The van der Waals surface area contributed by atoms with E-state index in [0.717, 1.165) is 0 Å². The third-order valence-corrected chi connectivity index (χ3v) is 5.53. The number of rotatable bonds is 13. The van der Waals surface area contributed by atoms with Crippen LogP contribution in [0.4, 0.5) is 0 Å². The Morgan fingerprint density at radius 1 is 0.829 bits per heavy atom. The van der Waals surface area contributed by atoms with Gasteiger partial charge in [0.05, 0.1) is 24.9 Å². The average Bonchev–Trinajstić information content (AvgIpc) is 2.90. The SMILES string of the molecule is CCOC(=O)COc1ccc(C(=O)CCNC(C(O)c2ccccc2)C(O)c2ccccc2)cc1. The van der Waals surface area contributed by atoms with Crippen LogP contribution in [0.2, 0.25) is 0 Å². The van der Waals surface area contributed by atoms with Crippen molar-refractivity contribution in [3.63, 3.8) is 0 Å². The maximum absolute atomic E-state index is 12.7. The monoisotopic (exact) mass is 477 g/mol. The normalized spacial score (nSPS) is 13.5. The van der Waals surface area contributed by atoms with Gasteiger partial charge >= 0.3 is 5.97 Å². The van der Waals surface area contributed by atoms with Crippen LogP contribution < -0.4 is 10.1 Å². The molecule has 0 aliphatic rings. The van der Waals surface area contributed by atoms with E-state index >= 15 is 0 Å². The van der Waals surface area contributed by atoms with Gasteiger partial charge in [0.2, 0.25) is 0 Å². The molecule has 0 saturated carbocycles. The quantitative estimate of drug-likeness (QED) is 0.255. The van der Waals surface area contributed by atoms with E-state index in [1.54, 1.807) is 55.5 Å². The average molecular weight is 478 g/mol. The largest absolute Gasteiger partial charge is 0.482 e. The summed E-state index contributed by atoms with van der Waals surface area (Å²) in [5.41, 5.74) is 1.84. The number of aliphatic hydroxyl groups is 2. The van der Waals surface area contributed by atoms with Crippen molar-refractivity contribution in [2.45, 2.75) is 31.6 Å². The zero-order chi connectivity index (χ0) is 25.0. The second-order valence-electron chi connectivity index (χ2n) is 7.98. The Morgan fingerprint density at radius 3 is 1.89 bits per heavy atom. The van der Waals surface area contributed by atoms with E-state index in [1.165, 1.54) is 0 Å². The molecule has 0 radical (unpaired) electrons. The topological polar surface area (TPSA) is 105 Å². The minimum Gasteiger partial charge on any atom is -0.482 e. The Bertz CT molecular complexity index is 1010. The van der Waals surface area contributed by atoms with Crippen LogP contribution in [0.15, 0.2) is 84.9 Å². The third-order valence-electron chi connectivity index (χ3n) is 5.53. The second-order valence-corrected chi connectivity index (χ2v) is 7.98. The molecule has 2 atom stereocenters. The number of ether oxygens (including phenoxy) is 2. The Hall–Kier alpha value is -3.52. The van der Waals surface area contributed by atoms with Gasteiger partial charge in [0.15, 0.2) is 12.4 Å². The van der Waals surface area contributed by atoms with E-state index in [1.807, 2.05) is 36.4 Å². The van der Waals surface area contributed by atoms with Gasteiger partial charge < -0.3 is 25.0 Å². The lowest BCUT2D eigenvalue weighted by Gasteiger charge is -2.29. The first-order valence-electron chi connectivity index (χ1n) is 11.6. The van der Waals surface area contributed by atoms with E-state index < -0.39 is 24.2 Å². The lowest BCUT2D eigenvalue weighted by molar-refractivity contribution is -0.145. The lowest BCUT2D eigenvalue weighted by Crippen LogP contribution is -2.41. The number of esters is 1. The summed E-state index contributed by atoms with van der Waals surface area (Å²) in [7, 11) is 0. The molecule has 0 saturated heterocycles. The summed E-state index contributed by atoms with van der Waals surface area (Å²) < 4.78 is 10.2. The Kier molecular flexibility index (Phi) is 9.98. The summed E-state index contributed by atoms with van der Waals surface area (Å²) in [6.07, 6.45) is -1.78. The van der Waals surface area contributed by atoms with Crippen molar-refractivity contribution in [1.29, 1.82) is 0 Å². The summed E-state index contributed by atoms with van der Waals surface area (Å²) in [4.78, 5) is 24.1. The van der Waals surface area contributed by atoms with Gasteiger partial charge in [0, 0.05) is 18.5 Å². The van der Waals surface area contributed by atoms with E-state index in [2.05, 4.69) is 5.32 Å². The molecule has 35 heavy (non-hydrogen) atoms. The second kappa shape index (κ2) is 13.4. The molecule has 184 valence electrons. The van der Waals surface area contributed by atoms with Crippen LogP contribution >= 0.6 is 0 Å². The van der Waals surface area contributed by atoms with E-state index in [0.29, 0.717) is 22.4 Å².